The second-order valence-corrected chi connectivity index (χ2v) is 7.53. The van der Waals surface area contributed by atoms with E-state index in [-0.39, 0.29) is 6.61 Å². The van der Waals surface area contributed by atoms with Gasteiger partial charge in [-0.25, -0.2) is 0 Å². The van der Waals surface area contributed by atoms with E-state index in [1.807, 2.05) is 0 Å². The van der Waals surface area contributed by atoms with Crippen molar-refractivity contribution in [2.24, 2.45) is 17.8 Å². The van der Waals surface area contributed by atoms with Crippen LogP contribution in [0, 0.1) is 17.8 Å². The fraction of sp³-hybridized carbons (Fsp3) is 1.00. The standard InChI is InChI=1S/C22H46O6/c1-5-6-7-20(2)22(4)21(3)8-10-24-12-14-26-16-18-28-19-17-27-15-13-25-11-9-23/h20-23H,5-19H2,1-4H3. The molecule has 0 bridgehead atoms. The van der Waals surface area contributed by atoms with Crippen LogP contribution in [0.15, 0.2) is 0 Å². The van der Waals surface area contributed by atoms with Gasteiger partial charge in [-0.15, -0.1) is 0 Å². The van der Waals surface area contributed by atoms with Crippen molar-refractivity contribution >= 4 is 0 Å². The third kappa shape index (κ3) is 17.8. The van der Waals surface area contributed by atoms with E-state index in [1.165, 1.54) is 19.3 Å². The van der Waals surface area contributed by atoms with Crippen molar-refractivity contribution in [3.8, 4) is 0 Å². The zero-order valence-electron chi connectivity index (χ0n) is 18.8. The predicted molar refractivity (Wildman–Crippen MR) is 113 cm³/mol. The highest BCUT2D eigenvalue weighted by molar-refractivity contribution is 4.68. The Morgan fingerprint density at radius 3 is 1.39 bits per heavy atom. The topological polar surface area (TPSA) is 66.4 Å². The quantitative estimate of drug-likeness (QED) is 0.277. The Kier molecular flexibility index (Phi) is 21.3. The van der Waals surface area contributed by atoms with Crippen LogP contribution < -0.4 is 0 Å². The van der Waals surface area contributed by atoms with Crippen molar-refractivity contribution in [1.29, 1.82) is 0 Å². The molecule has 3 atom stereocenters. The number of rotatable bonds is 22. The minimum atomic E-state index is 0.0465. The van der Waals surface area contributed by atoms with Crippen molar-refractivity contribution in [1.82, 2.24) is 0 Å². The zero-order valence-corrected chi connectivity index (χ0v) is 18.8. The Balaban J connectivity index is 3.28. The van der Waals surface area contributed by atoms with Crippen molar-refractivity contribution in [2.75, 3.05) is 72.7 Å². The summed E-state index contributed by atoms with van der Waals surface area (Å²) in [7, 11) is 0. The Morgan fingerprint density at radius 1 is 0.571 bits per heavy atom. The molecule has 6 nitrogen and oxygen atoms in total. The summed E-state index contributed by atoms with van der Waals surface area (Å²) in [5.74, 6) is 2.24. The number of aliphatic hydroxyl groups is 1. The molecule has 0 aromatic rings. The van der Waals surface area contributed by atoms with E-state index in [1.54, 1.807) is 0 Å². The number of unbranched alkanes of at least 4 members (excludes halogenated alkanes) is 1. The van der Waals surface area contributed by atoms with Crippen molar-refractivity contribution in [3.05, 3.63) is 0 Å². The van der Waals surface area contributed by atoms with Crippen LogP contribution in [-0.4, -0.2) is 77.8 Å². The average Bonchev–Trinajstić information content (AvgIpc) is 2.70. The molecule has 1 N–H and O–H groups in total. The monoisotopic (exact) mass is 406 g/mol. The highest BCUT2D eigenvalue weighted by atomic mass is 16.6. The van der Waals surface area contributed by atoms with Crippen LogP contribution >= 0.6 is 0 Å². The fourth-order valence-electron chi connectivity index (χ4n) is 2.93. The fourth-order valence-corrected chi connectivity index (χ4v) is 2.93. The van der Waals surface area contributed by atoms with E-state index >= 15 is 0 Å². The molecule has 0 aromatic carbocycles. The van der Waals surface area contributed by atoms with Gasteiger partial charge in [-0.1, -0.05) is 47.0 Å². The zero-order chi connectivity index (χ0) is 20.9. The Morgan fingerprint density at radius 2 is 0.964 bits per heavy atom. The summed E-state index contributed by atoms with van der Waals surface area (Å²) in [6, 6.07) is 0. The maximum absolute atomic E-state index is 8.55. The molecule has 170 valence electrons. The normalized spacial score (nSPS) is 14.9. The van der Waals surface area contributed by atoms with Crippen LogP contribution in [0.5, 0.6) is 0 Å². The average molecular weight is 407 g/mol. The molecule has 28 heavy (non-hydrogen) atoms. The lowest BCUT2D eigenvalue weighted by molar-refractivity contribution is -0.0142. The van der Waals surface area contributed by atoms with E-state index in [0.29, 0.717) is 65.4 Å². The Hall–Kier alpha value is -0.240. The summed E-state index contributed by atoms with van der Waals surface area (Å²) in [6.45, 7) is 15.1. The molecule has 6 heteroatoms. The van der Waals surface area contributed by atoms with Crippen LogP contribution in [0.1, 0.15) is 53.4 Å². The first kappa shape index (κ1) is 27.8. The summed E-state index contributed by atoms with van der Waals surface area (Å²) in [4.78, 5) is 0. The van der Waals surface area contributed by atoms with Gasteiger partial charge in [0.25, 0.3) is 0 Å². The van der Waals surface area contributed by atoms with Gasteiger partial charge >= 0.3 is 0 Å². The first-order chi connectivity index (χ1) is 13.6. The predicted octanol–water partition coefficient (Wildman–Crippen LogP) is 3.55. The SMILES string of the molecule is CCCCC(C)C(C)C(C)CCOCCOCCOCCOCCOCCO. The molecule has 0 spiro atoms. The minimum absolute atomic E-state index is 0.0465. The van der Waals surface area contributed by atoms with Gasteiger partial charge in [-0.2, -0.15) is 0 Å². The van der Waals surface area contributed by atoms with Gasteiger partial charge in [0.2, 0.25) is 0 Å². The lowest BCUT2D eigenvalue weighted by Gasteiger charge is -2.26. The van der Waals surface area contributed by atoms with E-state index in [4.69, 9.17) is 28.8 Å². The maximum atomic E-state index is 8.55. The Bertz CT molecular complexity index is 303. The maximum Gasteiger partial charge on any atom is 0.0701 e. The van der Waals surface area contributed by atoms with Gasteiger partial charge in [-0.05, 0) is 24.2 Å². The van der Waals surface area contributed by atoms with E-state index in [0.717, 1.165) is 24.9 Å². The second kappa shape index (κ2) is 21.5. The Labute approximate surface area is 173 Å². The van der Waals surface area contributed by atoms with Gasteiger partial charge in [-0.3, -0.25) is 0 Å². The smallest absolute Gasteiger partial charge is 0.0701 e. The molecule has 0 saturated carbocycles. The molecule has 0 aliphatic rings. The van der Waals surface area contributed by atoms with Crippen LogP contribution in [0.4, 0.5) is 0 Å². The molecule has 0 radical (unpaired) electrons. The van der Waals surface area contributed by atoms with E-state index < -0.39 is 0 Å². The molecule has 0 amide bonds. The molecule has 0 aliphatic heterocycles. The minimum Gasteiger partial charge on any atom is -0.394 e. The molecule has 0 heterocycles. The molecule has 0 aromatic heterocycles. The van der Waals surface area contributed by atoms with Crippen LogP contribution in [0.2, 0.25) is 0 Å². The highest BCUT2D eigenvalue weighted by Crippen LogP contribution is 2.26. The van der Waals surface area contributed by atoms with Crippen molar-refractivity contribution in [2.45, 2.75) is 53.4 Å². The molecule has 3 unspecified atom stereocenters. The first-order valence-electron chi connectivity index (χ1n) is 11.1. The van der Waals surface area contributed by atoms with Crippen molar-refractivity contribution in [3.63, 3.8) is 0 Å². The van der Waals surface area contributed by atoms with Gasteiger partial charge in [0.1, 0.15) is 0 Å². The van der Waals surface area contributed by atoms with E-state index in [2.05, 4.69) is 27.7 Å². The first-order valence-corrected chi connectivity index (χ1v) is 11.1. The number of ether oxygens (including phenoxy) is 5. The number of hydrogen-bond acceptors (Lipinski definition) is 6. The number of hydrogen-bond donors (Lipinski definition) is 1. The lowest BCUT2D eigenvalue weighted by Crippen LogP contribution is -2.19. The largest absolute Gasteiger partial charge is 0.394 e. The van der Waals surface area contributed by atoms with E-state index in [9.17, 15) is 0 Å². The third-order valence-corrected chi connectivity index (χ3v) is 5.25. The lowest BCUT2D eigenvalue weighted by atomic mass is 9.81. The number of aliphatic hydroxyl groups excluding tert-OH is 1. The molecule has 0 saturated heterocycles. The molecule has 0 aliphatic carbocycles. The van der Waals surface area contributed by atoms with Gasteiger partial charge in [0.05, 0.1) is 66.1 Å². The van der Waals surface area contributed by atoms with Crippen LogP contribution in [0.25, 0.3) is 0 Å². The summed E-state index contributed by atoms with van der Waals surface area (Å²) in [6.07, 6.45) is 5.08. The molecular weight excluding hydrogens is 360 g/mol. The molecular formula is C22H46O6. The van der Waals surface area contributed by atoms with Gasteiger partial charge in [0, 0.05) is 6.61 Å². The highest BCUT2D eigenvalue weighted by Gasteiger charge is 2.18. The van der Waals surface area contributed by atoms with Gasteiger partial charge < -0.3 is 28.8 Å². The van der Waals surface area contributed by atoms with Crippen LogP contribution in [-0.2, 0) is 23.7 Å². The third-order valence-electron chi connectivity index (χ3n) is 5.25. The summed E-state index contributed by atoms with van der Waals surface area (Å²) in [5, 5.41) is 8.55. The molecule has 0 fully saturated rings. The molecule has 0 rings (SSSR count). The van der Waals surface area contributed by atoms with Crippen LogP contribution in [0.3, 0.4) is 0 Å². The summed E-state index contributed by atoms with van der Waals surface area (Å²) < 4.78 is 27.0. The van der Waals surface area contributed by atoms with Gasteiger partial charge in [0.15, 0.2) is 0 Å². The second-order valence-electron chi connectivity index (χ2n) is 7.53. The summed E-state index contributed by atoms with van der Waals surface area (Å²) in [5.41, 5.74) is 0. The summed E-state index contributed by atoms with van der Waals surface area (Å²) >= 11 is 0. The van der Waals surface area contributed by atoms with Crippen molar-refractivity contribution < 1.29 is 28.8 Å².